The third kappa shape index (κ3) is 7.38. The molecule has 2 fully saturated rings. The van der Waals surface area contributed by atoms with Gasteiger partial charge in [-0.05, 0) is 24.8 Å². The molecule has 2 heterocycles. The summed E-state index contributed by atoms with van der Waals surface area (Å²) in [6.45, 7) is 11.5. The molecule has 1 aromatic carbocycles. The molecule has 0 aliphatic carbocycles. The van der Waals surface area contributed by atoms with Crippen LogP contribution in [0.1, 0.15) is 30.4 Å². The molecule has 2 aliphatic rings. The predicted octanol–water partition coefficient (Wildman–Crippen LogP) is 2.62. The summed E-state index contributed by atoms with van der Waals surface area (Å²) < 4.78 is 11.2. The first-order valence-corrected chi connectivity index (χ1v) is 10.6. The summed E-state index contributed by atoms with van der Waals surface area (Å²) >= 11 is 0. The van der Waals surface area contributed by atoms with Gasteiger partial charge in [0, 0.05) is 51.8 Å². The van der Waals surface area contributed by atoms with Crippen molar-refractivity contribution >= 4 is 29.9 Å². The van der Waals surface area contributed by atoms with Gasteiger partial charge in [0.1, 0.15) is 0 Å². The minimum absolute atomic E-state index is 0. The van der Waals surface area contributed by atoms with Crippen LogP contribution in [-0.4, -0.2) is 76.6 Å². The normalized spacial score (nSPS) is 22.6. The van der Waals surface area contributed by atoms with Gasteiger partial charge in [-0.15, -0.1) is 24.0 Å². The zero-order valence-electron chi connectivity index (χ0n) is 18.0. The van der Waals surface area contributed by atoms with Crippen LogP contribution in [0.4, 0.5) is 0 Å². The van der Waals surface area contributed by atoms with Crippen LogP contribution >= 0.6 is 24.0 Å². The molecule has 29 heavy (non-hydrogen) atoms. The highest BCUT2D eigenvalue weighted by Crippen LogP contribution is 2.22. The van der Waals surface area contributed by atoms with Crippen LogP contribution < -0.4 is 10.6 Å². The summed E-state index contributed by atoms with van der Waals surface area (Å²) in [6, 6.07) is 9.24. The summed E-state index contributed by atoms with van der Waals surface area (Å²) in [5, 5.41) is 7.06. The third-order valence-electron chi connectivity index (χ3n) is 5.95. The second-order valence-corrected chi connectivity index (χ2v) is 7.99. The Morgan fingerprint density at radius 1 is 1.10 bits per heavy atom. The third-order valence-corrected chi connectivity index (χ3v) is 5.95. The molecular weight excluding hydrogens is 479 g/mol. The molecule has 0 spiro atoms. The van der Waals surface area contributed by atoms with Gasteiger partial charge in [-0.2, -0.15) is 0 Å². The van der Waals surface area contributed by atoms with E-state index in [1.165, 1.54) is 11.1 Å². The molecule has 3 atom stereocenters. The topological polar surface area (TPSA) is 58.1 Å². The smallest absolute Gasteiger partial charge is 0.191 e. The molecule has 6 nitrogen and oxygen atoms in total. The molecular formula is C22H37IN4O2. The van der Waals surface area contributed by atoms with Crippen molar-refractivity contribution in [1.29, 1.82) is 0 Å². The summed E-state index contributed by atoms with van der Waals surface area (Å²) in [5.41, 5.74) is 2.65. The number of hydrogen-bond donors (Lipinski definition) is 2. The molecule has 2 saturated heterocycles. The van der Waals surface area contributed by atoms with Crippen molar-refractivity contribution < 1.29 is 9.47 Å². The van der Waals surface area contributed by atoms with E-state index in [1.807, 2.05) is 7.05 Å². The highest BCUT2D eigenvalue weighted by atomic mass is 127. The van der Waals surface area contributed by atoms with Crippen LogP contribution in [-0.2, 0) is 9.47 Å². The number of guanidine groups is 1. The van der Waals surface area contributed by atoms with E-state index < -0.39 is 0 Å². The van der Waals surface area contributed by atoms with Crippen molar-refractivity contribution in [3.05, 3.63) is 35.4 Å². The molecule has 0 radical (unpaired) electrons. The van der Waals surface area contributed by atoms with Gasteiger partial charge in [-0.1, -0.05) is 36.8 Å². The number of ether oxygens (including phenoxy) is 2. The monoisotopic (exact) mass is 516 g/mol. The SMILES string of the molecule is CN=C(NCC(C)c1ccc(C)cc1)NCC(C1CCOC1)N1CCOCC1.I. The zero-order valence-corrected chi connectivity index (χ0v) is 20.4. The summed E-state index contributed by atoms with van der Waals surface area (Å²) in [5.74, 6) is 1.88. The van der Waals surface area contributed by atoms with Crippen LogP contribution in [0, 0.1) is 12.8 Å². The van der Waals surface area contributed by atoms with E-state index >= 15 is 0 Å². The highest BCUT2D eigenvalue weighted by molar-refractivity contribution is 14.0. The Kier molecular flexibility index (Phi) is 10.7. The first-order valence-electron chi connectivity index (χ1n) is 10.6. The maximum atomic E-state index is 5.67. The maximum absolute atomic E-state index is 5.67. The number of benzene rings is 1. The Labute approximate surface area is 192 Å². The van der Waals surface area contributed by atoms with Crippen molar-refractivity contribution in [1.82, 2.24) is 15.5 Å². The number of nitrogens with zero attached hydrogens (tertiary/aromatic N) is 2. The molecule has 0 bridgehead atoms. The lowest BCUT2D eigenvalue weighted by atomic mass is 9.97. The number of aliphatic imine (C=N–C) groups is 1. The van der Waals surface area contributed by atoms with Gasteiger partial charge in [-0.3, -0.25) is 9.89 Å². The van der Waals surface area contributed by atoms with E-state index in [0.717, 1.165) is 65.0 Å². The molecule has 0 amide bonds. The first kappa shape index (κ1) is 24.4. The van der Waals surface area contributed by atoms with Gasteiger partial charge < -0.3 is 20.1 Å². The Hall–Kier alpha value is -0.900. The largest absolute Gasteiger partial charge is 0.381 e. The van der Waals surface area contributed by atoms with Crippen LogP contribution in [0.5, 0.6) is 0 Å². The van der Waals surface area contributed by atoms with Gasteiger partial charge in [0.25, 0.3) is 0 Å². The molecule has 2 N–H and O–H groups in total. The van der Waals surface area contributed by atoms with E-state index in [-0.39, 0.29) is 24.0 Å². The second-order valence-electron chi connectivity index (χ2n) is 7.99. The lowest BCUT2D eigenvalue weighted by Crippen LogP contribution is -2.53. The minimum Gasteiger partial charge on any atom is -0.381 e. The average molecular weight is 516 g/mol. The quantitative estimate of drug-likeness (QED) is 0.332. The zero-order chi connectivity index (χ0) is 19.8. The van der Waals surface area contributed by atoms with Crippen LogP contribution in [0.3, 0.4) is 0 Å². The average Bonchev–Trinajstić information content (AvgIpc) is 3.26. The van der Waals surface area contributed by atoms with Crippen molar-refractivity contribution in [3.8, 4) is 0 Å². The molecule has 0 aromatic heterocycles. The van der Waals surface area contributed by atoms with Gasteiger partial charge >= 0.3 is 0 Å². The standard InChI is InChI=1S/C22H36N4O2.HI/c1-17-4-6-19(7-5-17)18(2)14-24-22(23-3)25-15-21(20-8-11-28-16-20)26-9-12-27-13-10-26;/h4-7,18,20-21H,8-16H2,1-3H3,(H2,23,24,25);1H. The minimum atomic E-state index is 0. The van der Waals surface area contributed by atoms with Crippen LogP contribution in [0.25, 0.3) is 0 Å². The summed E-state index contributed by atoms with van der Waals surface area (Å²) in [4.78, 5) is 6.99. The van der Waals surface area contributed by atoms with Crippen molar-refractivity contribution in [2.24, 2.45) is 10.9 Å². The Morgan fingerprint density at radius 2 is 1.79 bits per heavy atom. The number of hydrogen-bond acceptors (Lipinski definition) is 4. The van der Waals surface area contributed by atoms with Crippen molar-refractivity contribution in [2.45, 2.75) is 32.2 Å². The Bertz CT molecular complexity index is 614. The molecule has 3 rings (SSSR count). The molecule has 1 aromatic rings. The van der Waals surface area contributed by atoms with Gasteiger partial charge in [0.05, 0.1) is 19.8 Å². The predicted molar refractivity (Wildman–Crippen MR) is 129 cm³/mol. The Morgan fingerprint density at radius 3 is 2.41 bits per heavy atom. The van der Waals surface area contributed by atoms with Crippen LogP contribution in [0.15, 0.2) is 29.3 Å². The van der Waals surface area contributed by atoms with Crippen molar-refractivity contribution in [3.63, 3.8) is 0 Å². The maximum Gasteiger partial charge on any atom is 0.191 e. The van der Waals surface area contributed by atoms with Gasteiger partial charge in [0.2, 0.25) is 0 Å². The number of rotatable bonds is 7. The fourth-order valence-corrected chi connectivity index (χ4v) is 4.04. The molecule has 0 saturated carbocycles. The van der Waals surface area contributed by atoms with E-state index in [9.17, 15) is 0 Å². The number of halogens is 1. The van der Waals surface area contributed by atoms with E-state index in [1.54, 1.807) is 0 Å². The molecule has 3 unspecified atom stereocenters. The van der Waals surface area contributed by atoms with Crippen molar-refractivity contribution in [2.75, 3.05) is 59.7 Å². The van der Waals surface area contributed by atoms with E-state index in [2.05, 4.69) is 58.6 Å². The number of nitrogens with one attached hydrogen (secondary N) is 2. The van der Waals surface area contributed by atoms with Gasteiger partial charge in [-0.25, -0.2) is 0 Å². The molecule has 164 valence electrons. The van der Waals surface area contributed by atoms with E-state index in [4.69, 9.17) is 9.47 Å². The summed E-state index contributed by atoms with van der Waals surface area (Å²) in [7, 11) is 1.84. The summed E-state index contributed by atoms with van der Waals surface area (Å²) in [6.07, 6.45) is 1.14. The number of aryl methyl sites for hydroxylation is 1. The van der Waals surface area contributed by atoms with Crippen LogP contribution in [0.2, 0.25) is 0 Å². The fourth-order valence-electron chi connectivity index (χ4n) is 4.04. The highest BCUT2D eigenvalue weighted by Gasteiger charge is 2.31. The lowest BCUT2D eigenvalue weighted by Gasteiger charge is -2.37. The van der Waals surface area contributed by atoms with E-state index in [0.29, 0.717) is 17.9 Å². The number of morpholine rings is 1. The van der Waals surface area contributed by atoms with Gasteiger partial charge in [0.15, 0.2) is 5.96 Å². The molecule has 7 heteroatoms. The first-order chi connectivity index (χ1) is 13.7. The second kappa shape index (κ2) is 12.7. The lowest BCUT2D eigenvalue weighted by molar-refractivity contribution is 0.00246. The molecule has 2 aliphatic heterocycles. The Balaban J connectivity index is 0.00000300. The fraction of sp³-hybridized carbons (Fsp3) is 0.682.